The van der Waals surface area contributed by atoms with Crippen molar-refractivity contribution in [2.45, 2.75) is 34.1 Å². The molecule has 0 aliphatic carbocycles. The normalized spacial score (nSPS) is 14.3. The van der Waals surface area contributed by atoms with Crippen LogP contribution in [0, 0.1) is 5.41 Å². The van der Waals surface area contributed by atoms with Gasteiger partial charge in [0.1, 0.15) is 11.5 Å². The molecule has 0 radical (unpaired) electrons. The predicted molar refractivity (Wildman–Crippen MR) is 124 cm³/mol. The zero-order valence-corrected chi connectivity index (χ0v) is 19.1. The first-order valence-electron chi connectivity index (χ1n) is 11.1. The van der Waals surface area contributed by atoms with Crippen molar-refractivity contribution in [2.75, 3.05) is 49.7 Å². The summed E-state index contributed by atoms with van der Waals surface area (Å²) in [5.74, 6) is 1.33. The Kier molecular flexibility index (Phi) is 7.80. The maximum absolute atomic E-state index is 13.2. The third kappa shape index (κ3) is 5.91. The van der Waals surface area contributed by atoms with Crippen LogP contribution >= 0.6 is 0 Å². The van der Waals surface area contributed by atoms with E-state index >= 15 is 0 Å². The maximum Gasteiger partial charge on any atom is 0.230 e. The van der Waals surface area contributed by atoms with Crippen molar-refractivity contribution in [1.29, 1.82) is 0 Å². The fourth-order valence-electron chi connectivity index (χ4n) is 3.72. The zero-order valence-electron chi connectivity index (χ0n) is 19.1. The summed E-state index contributed by atoms with van der Waals surface area (Å²) >= 11 is 0. The fourth-order valence-corrected chi connectivity index (χ4v) is 3.72. The first kappa shape index (κ1) is 22.9. The molecule has 1 aliphatic rings. The van der Waals surface area contributed by atoms with Gasteiger partial charge in [-0.15, -0.1) is 0 Å². The molecule has 0 aromatic heterocycles. The zero-order chi connectivity index (χ0) is 22.3. The van der Waals surface area contributed by atoms with Crippen LogP contribution < -0.4 is 19.7 Å². The molecule has 6 heteroatoms. The number of carbonyl (C=O) groups is 1. The van der Waals surface area contributed by atoms with Gasteiger partial charge in [-0.3, -0.25) is 4.79 Å². The van der Waals surface area contributed by atoms with Crippen LogP contribution in [-0.2, 0) is 16.0 Å². The molecule has 2 aromatic carbocycles. The Bertz CT molecular complexity index is 861. The van der Waals surface area contributed by atoms with Crippen molar-refractivity contribution in [3.05, 3.63) is 48.0 Å². The van der Waals surface area contributed by atoms with E-state index in [1.54, 1.807) is 0 Å². The molecule has 1 saturated heterocycles. The van der Waals surface area contributed by atoms with Gasteiger partial charge in [0.15, 0.2) is 0 Å². The SMILES string of the molecule is CCOc1cc(N2CCOCC2)c(OCC)cc1NC(=O)C(C)(C)Cc1ccccc1. The molecule has 1 aliphatic heterocycles. The Balaban J connectivity index is 1.87. The first-order valence-corrected chi connectivity index (χ1v) is 11.1. The number of hydrogen-bond donors (Lipinski definition) is 1. The minimum Gasteiger partial charge on any atom is -0.492 e. The minimum atomic E-state index is -0.584. The second kappa shape index (κ2) is 10.5. The van der Waals surface area contributed by atoms with Gasteiger partial charge in [0.25, 0.3) is 0 Å². The van der Waals surface area contributed by atoms with Gasteiger partial charge >= 0.3 is 0 Å². The first-order chi connectivity index (χ1) is 14.9. The van der Waals surface area contributed by atoms with E-state index in [4.69, 9.17) is 14.2 Å². The molecule has 0 atom stereocenters. The lowest BCUT2D eigenvalue weighted by molar-refractivity contribution is -0.123. The summed E-state index contributed by atoms with van der Waals surface area (Å²) in [6, 6.07) is 13.9. The topological polar surface area (TPSA) is 60.0 Å². The molecule has 1 amide bonds. The Morgan fingerprint density at radius 3 is 2.32 bits per heavy atom. The van der Waals surface area contributed by atoms with Crippen LogP contribution in [-0.4, -0.2) is 45.4 Å². The summed E-state index contributed by atoms with van der Waals surface area (Å²) in [4.78, 5) is 15.5. The highest BCUT2D eigenvalue weighted by molar-refractivity contribution is 5.97. The van der Waals surface area contributed by atoms with Crippen LogP contribution in [0.5, 0.6) is 11.5 Å². The molecule has 0 spiro atoms. The summed E-state index contributed by atoms with van der Waals surface area (Å²) in [5, 5.41) is 3.10. The van der Waals surface area contributed by atoms with E-state index in [0.717, 1.165) is 30.1 Å². The second-order valence-electron chi connectivity index (χ2n) is 8.28. The highest BCUT2D eigenvalue weighted by atomic mass is 16.5. The van der Waals surface area contributed by atoms with Gasteiger partial charge in [-0.1, -0.05) is 44.2 Å². The van der Waals surface area contributed by atoms with Crippen molar-refractivity contribution in [3.63, 3.8) is 0 Å². The molecule has 1 fully saturated rings. The molecule has 168 valence electrons. The van der Waals surface area contributed by atoms with Crippen molar-refractivity contribution >= 4 is 17.3 Å². The van der Waals surface area contributed by atoms with Gasteiger partial charge in [0, 0.05) is 30.6 Å². The Morgan fingerprint density at radius 2 is 1.68 bits per heavy atom. The van der Waals surface area contributed by atoms with Crippen molar-refractivity contribution < 1.29 is 19.0 Å². The molecule has 31 heavy (non-hydrogen) atoms. The van der Waals surface area contributed by atoms with Crippen LogP contribution in [0.1, 0.15) is 33.3 Å². The molecule has 6 nitrogen and oxygen atoms in total. The third-order valence-electron chi connectivity index (χ3n) is 5.36. The molecular formula is C25H34N2O4. The summed E-state index contributed by atoms with van der Waals surface area (Å²) < 4.78 is 17.3. The molecule has 3 rings (SSSR count). The van der Waals surface area contributed by atoms with E-state index in [9.17, 15) is 4.79 Å². The molecule has 1 N–H and O–H groups in total. The largest absolute Gasteiger partial charge is 0.492 e. The Hall–Kier alpha value is -2.73. The number of carbonyl (C=O) groups excluding carboxylic acids is 1. The number of amides is 1. The Labute approximate surface area is 185 Å². The molecular weight excluding hydrogens is 392 g/mol. The molecule has 1 heterocycles. The standard InChI is InChI=1S/C25H34N2O4/c1-5-30-22-17-21(27-12-14-29-15-13-27)23(31-6-2)16-20(22)26-24(28)25(3,4)18-19-10-8-7-9-11-19/h7-11,16-17H,5-6,12-15,18H2,1-4H3,(H,26,28). The summed E-state index contributed by atoms with van der Waals surface area (Å²) in [6.45, 7) is 11.8. The fraction of sp³-hybridized carbons (Fsp3) is 0.480. The number of rotatable bonds is 9. The highest BCUT2D eigenvalue weighted by Gasteiger charge is 2.29. The smallest absolute Gasteiger partial charge is 0.230 e. The predicted octanol–water partition coefficient (Wildman–Crippen LogP) is 4.53. The lowest BCUT2D eigenvalue weighted by Gasteiger charge is -2.31. The van der Waals surface area contributed by atoms with Gasteiger partial charge in [-0.25, -0.2) is 0 Å². The van der Waals surface area contributed by atoms with Crippen molar-refractivity contribution in [3.8, 4) is 11.5 Å². The van der Waals surface area contributed by atoms with Crippen molar-refractivity contribution in [2.24, 2.45) is 5.41 Å². The van der Waals surface area contributed by atoms with Crippen LogP contribution in [0.25, 0.3) is 0 Å². The van der Waals surface area contributed by atoms with Crippen molar-refractivity contribution in [1.82, 2.24) is 0 Å². The molecule has 2 aromatic rings. The van der Waals surface area contributed by atoms with E-state index in [2.05, 4.69) is 10.2 Å². The Morgan fingerprint density at radius 1 is 1.03 bits per heavy atom. The average molecular weight is 427 g/mol. The number of nitrogens with one attached hydrogen (secondary N) is 1. The van der Waals surface area contributed by atoms with Gasteiger partial charge in [-0.2, -0.15) is 0 Å². The molecule has 0 bridgehead atoms. The summed E-state index contributed by atoms with van der Waals surface area (Å²) in [6.07, 6.45) is 0.647. The lowest BCUT2D eigenvalue weighted by atomic mass is 9.84. The van der Waals surface area contributed by atoms with Crippen LogP contribution in [0.15, 0.2) is 42.5 Å². The van der Waals surface area contributed by atoms with E-state index in [1.807, 2.05) is 70.2 Å². The quantitative estimate of drug-likeness (QED) is 0.638. The minimum absolute atomic E-state index is 0.0566. The van der Waals surface area contributed by atoms with Gasteiger partial charge in [0.05, 0.1) is 37.8 Å². The van der Waals surface area contributed by atoms with Crippen LogP contribution in [0.4, 0.5) is 11.4 Å². The van der Waals surface area contributed by atoms with E-state index < -0.39 is 5.41 Å². The monoisotopic (exact) mass is 426 g/mol. The van der Waals surface area contributed by atoms with Gasteiger partial charge in [0.2, 0.25) is 5.91 Å². The van der Waals surface area contributed by atoms with Crippen LogP contribution in [0.3, 0.4) is 0 Å². The third-order valence-corrected chi connectivity index (χ3v) is 5.36. The maximum atomic E-state index is 13.2. The number of benzene rings is 2. The average Bonchev–Trinajstić information content (AvgIpc) is 2.76. The molecule has 0 saturated carbocycles. The molecule has 0 unspecified atom stereocenters. The summed E-state index contributed by atoms with van der Waals surface area (Å²) in [7, 11) is 0. The summed E-state index contributed by atoms with van der Waals surface area (Å²) in [5.41, 5.74) is 2.15. The number of ether oxygens (including phenoxy) is 3. The number of hydrogen-bond acceptors (Lipinski definition) is 5. The van der Waals surface area contributed by atoms with Crippen LogP contribution in [0.2, 0.25) is 0 Å². The second-order valence-corrected chi connectivity index (χ2v) is 8.28. The van der Waals surface area contributed by atoms with E-state index in [-0.39, 0.29) is 5.91 Å². The van der Waals surface area contributed by atoms with E-state index in [0.29, 0.717) is 44.3 Å². The lowest BCUT2D eigenvalue weighted by Crippen LogP contribution is -2.36. The highest BCUT2D eigenvalue weighted by Crippen LogP contribution is 2.40. The van der Waals surface area contributed by atoms with Gasteiger partial charge in [-0.05, 0) is 25.8 Å². The number of morpholine rings is 1. The number of anilines is 2. The van der Waals surface area contributed by atoms with E-state index in [1.165, 1.54) is 0 Å². The number of nitrogens with zero attached hydrogens (tertiary/aromatic N) is 1. The van der Waals surface area contributed by atoms with Gasteiger partial charge < -0.3 is 24.4 Å².